The zero-order valence-electron chi connectivity index (χ0n) is 47.7. The van der Waals surface area contributed by atoms with Crippen molar-refractivity contribution in [1.29, 1.82) is 0 Å². The zero-order valence-corrected chi connectivity index (χ0v) is 48.7. The summed E-state index contributed by atoms with van der Waals surface area (Å²) in [6, 6.07) is 28.6. The standard InChI is InChI=1S/C63H81FN4O9Si/c1-12-14-31-73-57-51-46(33-45-34-48-55(66(8)9)58-52(61(65-76-58)74-32-15-13-2)60(72)63(48,59(71)50(45)56(51)70)77-78(10,11)62(5,6)7)53(64)47(38-67(35-41(3)4)39-49(69)75-40-44-29-23-18-24-30-44)54(57)68(36-42-25-19-16-20-26-42)37-43-27-21-17-22-28-43/h16-30,41,45,48,55,71H,12-15,31-40H2,1-11H3/t45-,48-,55-,63-/m0/s1. The van der Waals surface area contributed by atoms with Crippen LogP contribution in [0.5, 0.6) is 11.6 Å². The van der Waals surface area contributed by atoms with E-state index in [1.54, 1.807) is 0 Å². The summed E-state index contributed by atoms with van der Waals surface area (Å²) in [6.45, 7) is 19.9. The molecule has 15 heteroatoms. The van der Waals surface area contributed by atoms with Gasteiger partial charge in [0.05, 0.1) is 37.1 Å². The maximum absolute atomic E-state index is 19.0. The van der Waals surface area contributed by atoms with E-state index in [0.717, 1.165) is 29.5 Å². The second-order valence-corrected chi connectivity index (χ2v) is 28.4. The molecule has 418 valence electrons. The van der Waals surface area contributed by atoms with Crippen molar-refractivity contribution in [3.8, 4) is 11.6 Å². The SMILES string of the molecule is CCCCOc1noc2c1C(=O)[C@@]1(O[Si](C)(C)C(C)(C)C)C(O)=C3C(=O)c4c(c(F)c(CN(CC(=O)OCc5ccccc5)CC(C)C)c(N(Cc5ccccc5)Cc5ccccc5)c4OCCCC)C[C@H]3C[C@H]1[C@@H]2N(C)C. The molecule has 0 saturated heterocycles. The third-order valence-electron chi connectivity index (χ3n) is 16.1. The largest absolute Gasteiger partial charge is 0.508 e. The molecule has 0 unspecified atom stereocenters. The predicted molar refractivity (Wildman–Crippen MR) is 304 cm³/mol. The van der Waals surface area contributed by atoms with Gasteiger partial charge in [-0.25, -0.2) is 4.39 Å². The first-order valence-corrected chi connectivity index (χ1v) is 30.9. The molecule has 1 heterocycles. The number of halogens is 1. The second kappa shape index (κ2) is 24.5. The van der Waals surface area contributed by atoms with Crippen molar-refractivity contribution in [2.75, 3.05) is 45.3 Å². The highest BCUT2D eigenvalue weighted by Gasteiger charge is 2.67. The van der Waals surface area contributed by atoms with Crippen LogP contribution in [0.15, 0.2) is 107 Å². The predicted octanol–water partition coefficient (Wildman–Crippen LogP) is 13.0. The maximum Gasteiger partial charge on any atom is 0.320 e. The van der Waals surface area contributed by atoms with Crippen molar-refractivity contribution >= 4 is 31.5 Å². The van der Waals surface area contributed by atoms with Crippen LogP contribution in [-0.2, 0) is 46.6 Å². The molecule has 4 atom stereocenters. The first-order valence-electron chi connectivity index (χ1n) is 28.0. The van der Waals surface area contributed by atoms with Crippen LogP contribution in [0.1, 0.15) is 141 Å². The highest BCUT2D eigenvalue weighted by molar-refractivity contribution is 6.74. The summed E-state index contributed by atoms with van der Waals surface area (Å²) in [7, 11) is 0.724. The molecule has 1 aromatic heterocycles. The van der Waals surface area contributed by atoms with Gasteiger partial charge in [0.25, 0.3) is 5.88 Å². The fourth-order valence-corrected chi connectivity index (χ4v) is 12.8. The first-order chi connectivity index (χ1) is 37.2. The molecular formula is C63H81FN4O9Si. The number of benzene rings is 4. The van der Waals surface area contributed by atoms with Crippen LogP contribution in [0.25, 0.3) is 0 Å². The Bertz CT molecular complexity index is 2900. The summed E-state index contributed by atoms with van der Waals surface area (Å²) >= 11 is 0. The minimum atomic E-state index is -3.03. The third-order valence-corrected chi connectivity index (χ3v) is 20.5. The number of aromatic nitrogens is 1. The van der Waals surface area contributed by atoms with Gasteiger partial charge in [-0.1, -0.05) is 152 Å². The lowest BCUT2D eigenvalue weighted by Crippen LogP contribution is -2.65. The number of allylic oxidation sites excluding steroid dienone is 1. The number of aliphatic hydroxyl groups excluding tert-OH is 1. The van der Waals surface area contributed by atoms with E-state index in [2.05, 4.69) is 51.6 Å². The molecule has 0 fully saturated rings. The van der Waals surface area contributed by atoms with Crippen molar-refractivity contribution < 1.29 is 47.0 Å². The van der Waals surface area contributed by atoms with Gasteiger partial charge in [0.2, 0.25) is 5.78 Å². The fourth-order valence-electron chi connectivity index (χ4n) is 11.3. The van der Waals surface area contributed by atoms with Gasteiger partial charge in [0.1, 0.15) is 23.7 Å². The zero-order chi connectivity index (χ0) is 56.1. The number of hydrogen-bond acceptors (Lipinski definition) is 13. The number of esters is 1. The van der Waals surface area contributed by atoms with E-state index >= 15 is 14.0 Å². The van der Waals surface area contributed by atoms with E-state index < -0.39 is 65.9 Å². The van der Waals surface area contributed by atoms with E-state index in [4.69, 9.17) is 23.2 Å². The van der Waals surface area contributed by atoms with Gasteiger partial charge in [-0.05, 0) is 91.6 Å². The maximum atomic E-state index is 19.0. The highest BCUT2D eigenvalue weighted by atomic mass is 28.4. The number of hydrogen-bond donors (Lipinski definition) is 1. The Morgan fingerprint density at radius 1 is 0.859 bits per heavy atom. The monoisotopic (exact) mass is 1080 g/mol. The Hall–Kier alpha value is -6.13. The molecule has 3 aliphatic carbocycles. The molecule has 0 radical (unpaired) electrons. The highest BCUT2D eigenvalue weighted by Crippen LogP contribution is 2.60. The summed E-state index contributed by atoms with van der Waals surface area (Å²) < 4.78 is 51.6. The topological polar surface area (TPSA) is 144 Å². The number of rotatable bonds is 24. The van der Waals surface area contributed by atoms with Crippen LogP contribution < -0.4 is 14.4 Å². The number of aliphatic hydroxyl groups is 1. The normalized spacial score (nSPS) is 19.2. The molecule has 0 aliphatic heterocycles. The van der Waals surface area contributed by atoms with Crippen LogP contribution in [0.4, 0.5) is 10.1 Å². The van der Waals surface area contributed by atoms with Gasteiger partial charge in [0.15, 0.2) is 31.2 Å². The van der Waals surface area contributed by atoms with Gasteiger partial charge in [-0.3, -0.25) is 24.2 Å². The van der Waals surface area contributed by atoms with Gasteiger partial charge in [-0.15, -0.1) is 0 Å². The molecule has 0 spiro atoms. The first kappa shape index (κ1) is 58.0. The summed E-state index contributed by atoms with van der Waals surface area (Å²) in [4.78, 5) is 52.1. The van der Waals surface area contributed by atoms with Gasteiger partial charge in [0, 0.05) is 48.8 Å². The smallest absolute Gasteiger partial charge is 0.320 e. The Balaban J connectivity index is 1.38. The number of nitrogens with zero attached hydrogens (tertiary/aromatic N) is 4. The van der Waals surface area contributed by atoms with Crippen LogP contribution >= 0.6 is 0 Å². The Kier molecular flexibility index (Phi) is 18.2. The molecule has 8 rings (SSSR count). The van der Waals surface area contributed by atoms with Crippen molar-refractivity contribution in [3.63, 3.8) is 0 Å². The van der Waals surface area contributed by atoms with Gasteiger partial charge < -0.3 is 33.2 Å². The average molecular weight is 1090 g/mol. The van der Waals surface area contributed by atoms with Gasteiger partial charge >= 0.3 is 5.97 Å². The number of fused-ring (bicyclic) bond motifs is 4. The van der Waals surface area contributed by atoms with E-state index in [0.29, 0.717) is 43.9 Å². The number of ether oxygens (including phenoxy) is 3. The quantitative estimate of drug-likeness (QED) is 0.0356. The number of carbonyl (C=O) groups is 3. The summed E-state index contributed by atoms with van der Waals surface area (Å²) in [5.74, 6) is -3.70. The van der Waals surface area contributed by atoms with E-state index in [9.17, 15) is 9.90 Å². The molecule has 3 aliphatic rings. The minimum Gasteiger partial charge on any atom is -0.508 e. The molecule has 78 heavy (non-hydrogen) atoms. The van der Waals surface area contributed by atoms with Crippen molar-refractivity contribution in [1.82, 2.24) is 15.0 Å². The van der Waals surface area contributed by atoms with E-state index in [1.165, 1.54) is 0 Å². The molecule has 1 N–H and O–H groups in total. The van der Waals surface area contributed by atoms with Crippen molar-refractivity contribution in [2.24, 2.45) is 17.8 Å². The van der Waals surface area contributed by atoms with Crippen LogP contribution in [0.3, 0.4) is 0 Å². The number of Topliss-reactive ketones (excluding diaryl/α,β-unsaturated/α-hetero) is 2. The molecule has 13 nitrogen and oxygen atoms in total. The number of carbonyl (C=O) groups excluding carboxylic acids is 3. The van der Waals surface area contributed by atoms with Gasteiger partial charge in [-0.2, -0.15) is 0 Å². The molecule has 4 aromatic carbocycles. The Labute approximate surface area is 462 Å². The fraction of sp³-hybridized carbons (Fsp3) is 0.492. The summed E-state index contributed by atoms with van der Waals surface area (Å²) in [6.07, 6.45) is 3.11. The number of ketones is 2. The average Bonchev–Trinajstić information content (AvgIpc) is 3.90. The van der Waals surface area contributed by atoms with E-state index in [1.807, 2.05) is 135 Å². The third kappa shape index (κ3) is 11.9. The van der Waals surface area contributed by atoms with Crippen molar-refractivity contribution in [3.05, 3.63) is 153 Å². The molecule has 0 bridgehead atoms. The number of unbranched alkanes of at least 4 members (excludes halogenated alkanes) is 2. The van der Waals surface area contributed by atoms with Crippen LogP contribution in [-0.4, -0.2) is 91.9 Å². The number of anilines is 1. The molecule has 0 amide bonds. The molecule has 5 aromatic rings. The molecular weight excluding hydrogens is 1000 g/mol. The van der Waals surface area contributed by atoms with Crippen LogP contribution in [0, 0.1) is 23.6 Å². The lowest BCUT2D eigenvalue weighted by atomic mass is 9.58. The van der Waals surface area contributed by atoms with Crippen molar-refractivity contribution in [2.45, 2.75) is 143 Å². The summed E-state index contributed by atoms with van der Waals surface area (Å²) in [5, 5.41) is 17.4. The van der Waals surface area contributed by atoms with E-state index in [-0.39, 0.29) is 91.1 Å². The molecule has 0 saturated carbocycles. The minimum absolute atomic E-state index is 0.0000380. The lowest BCUT2D eigenvalue weighted by molar-refractivity contribution is -0.146. The lowest BCUT2D eigenvalue weighted by Gasteiger charge is -2.55. The Morgan fingerprint density at radius 3 is 1.99 bits per heavy atom. The Morgan fingerprint density at radius 2 is 1.44 bits per heavy atom. The van der Waals surface area contributed by atoms with Crippen LogP contribution in [0.2, 0.25) is 18.1 Å². The second-order valence-electron chi connectivity index (χ2n) is 23.7. The summed E-state index contributed by atoms with van der Waals surface area (Å²) in [5.41, 5.74) is 1.57.